The van der Waals surface area contributed by atoms with Gasteiger partial charge in [0.05, 0.1) is 0 Å². The molecule has 0 aliphatic carbocycles. The highest BCUT2D eigenvalue weighted by molar-refractivity contribution is 5.75. The van der Waals surface area contributed by atoms with Gasteiger partial charge in [-0.3, -0.25) is 0 Å². The number of alkyl halides is 3. The second-order valence-electron chi connectivity index (χ2n) is 8.32. The van der Waals surface area contributed by atoms with Crippen LogP contribution in [0.3, 0.4) is 0 Å². The summed E-state index contributed by atoms with van der Waals surface area (Å²) in [5, 5.41) is 0. The van der Waals surface area contributed by atoms with Crippen LogP contribution in [0.25, 0.3) is 39.2 Å². The molecule has 0 amide bonds. The monoisotopic (exact) mass is 530 g/mol. The molecule has 0 saturated heterocycles. The fraction of sp³-hybridized carbons (Fsp3) is 0.0667. The Bertz CT molecular complexity index is 1500. The Morgan fingerprint density at radius 2 is 1.08 bits per heavy atom. The predicted octanol–water partition coefficient (Wildman–Crippen LogP) is 10.3. The third kappa shape index (κ3) is 5.54. The highest BCUT2D eigenvalue weighted by atomic mass is 19.4. The van der Waals surface area contributed by atoms with E-state index in [1.165, 1.54) is 66.7 Å². The number of hydrogen-bond donors (Lipinski definition) is 0. The van der Waals surface area contributed by atoms with Crippen molar-refractivity contribution in [3.63, 3.8) is 0 Å². The molecule has 0 aliphatic rings. The van der Waals surface area contributed by atoms with Gasteiger partial charge in [0.25, 0.3) is 0 Å². The van der Waals surface area contributed by atoms with Crippen LogP contribution in [0.5, 0.6) is 0 Å². The molecule has 0 nitrogen and oxygen atoms in total. The van der Waals surface area contributed by atoms with Crippen molar-refractivity contribution in [2.45, 2.75) is 13.1 Å². The molecular formula is C30H18F8. The van der Waals surface area contributed by atoms with Crippen LogP contribution in [0.1, 0.15) is 18.1 Å². The summed E-state index contributed by atoms with van der Waals surface area (Å²) in [5.41, 5.74) is -0.0907. The van der Waals surface area contributed by atoms with Crippen molar-refractivity contribution in [3.05, 3.63) is 125 Å². The minimum Gasteiger partial charge on any atom is -0.206 e. The van der Waals surface area contributed by atoms with E-state index in [4.69, 9.17) is 0 Å². The molecule has 38 heavy (non-hydrogen) atoms. The first kappa shape index (κ1) is 26.9. The molecule has 0 spiro atoms. The second-order valence-corrected chi connectivity index (χ2v) is 8.32. The first-order chi connectivity index (χ1) is 18.0. The minimum absolute atomic E-state index is 0.0364. The van der Waals surface area contributed by atoms with Crippen molar-refractivity contribution in [2.75, 3.05) is 0 Å². The minimum atomic E-state index is -5.17. The van der Waals surface area contributed by atoms with Crippen LogP contribution in [0.2, 0.25) is 0 Å². The van der Waals surface area contributed by atoms with Crippen molar-refractivity contribution in [2.24, 2.45) is 0 Å². The second kappa shape index (κ2) is 10.7. The van der Waals surface area contributed by atoms with E-state index in [1.807, 2.05) is 0 Å². The van der Waals surface area contributed by atoms with Gasteiger partial charge >= 0.3 is 6.18 Å². The van der Waals surface area contributed by atoms with E-state index < -0.39 is 40.8 Å². The lowest BCUT2D eigenvalue weighted by atomic mass is 9.96. The van der Waals surface area contributed by atoms with Gasteiger partial charge in [-0.15, -0.1) is 0 Å². The third-order valence-electron chi connectivity index (χ3n) is 5.82. The van der Waals surface area contributed by atoms with Gasteiger partial charge < -0.3 is 0 Å². The summed E-state index contributed by atoms with van der Waals surface area (Å²) < 4.78 is 109. The van der Waals surface area contributed by atoms with E-state index in [1.54, 1.807) is 13.0 Å². The fourth-order valence-corrected chi connectivity index (χ4v) is 3.95. The number of hydrogen-bond acceptors (Lipinski definition) is 0. The Morgan fingerprint density at radius 1 is 0.605 bits per heavy atom. The summed E-state index contributed by atoms with van der Waals surface area (Å²) in [4.78, 5) is 0. The molecule has 0 heterocycles. The van der Waals surface area contributed by atoms with Crippen molar-refractivity contribution < 1.29 is 35.1 Å². The van der Waals surface area contributed by atoms with E-state index in [9.17, 15) is 35.1 Å². The summed E-state index contributed by atoms with van der Waals surface area (Å²) >= 11 is 0. The van der Waals surface area contributed by atoms with Crippen LogP contribution in [0.4, 0.5) is 35.1 Å². The Kier molecular flexibility index (Phi) is 7.53. The number of halogens is 8. The Morgan fingerprint density at radius 3 is 1.61 bits per heavy atom. The maximum atomic E-state index is 15.0. The third-order valence-corrected chi connectivity index (χ3v) is 5.82. The summed E-state index contributed by atoms with van der Waals surface area (Å²) in [6.45, 7) is 1.56. The molecule has 0 bridgehead atoms. The van der Waals surface area contributed by atoms with Crippen molar-refractivity contribution in [1.29, 1.82) is 0 Å². The van der Waals surface area contributed by atoms with Gasteiger partial charge in [-0.2, -0.15) is 13.2 Å². The smallest absolute Gasteiger partial charge is 0.206 e. The molecular weight excluding hydrogens is 512 g/mol. The maximum absolute atomic E-state index is 15.0. The average molecular weight is 530 g/mol. The lowest BCUT2D eigenvalue weighted by molar-refractivity contribution is -0.142. The van der Waals surface area contributed by atoms with Gasteiger partial charge in [0.15, 0.2) is 11.7 Å². The van der Waals surface area contributed by atoms with Gasteiger partial charge in [-0.05, 0) is 59.0 Å². The van der Waals surface area contributed by atoms with Gasteiger partial charge in [-0.25, -0.2) is 22.0 Å². The summed E-state index contributed by atoms with van der Waals surface area (Å²) in [5.74, 6) is -6.06. The predicted molar refractivity (Wildman–Crippen MR) is 132 cm³/mol. The molecule has 4 aromatic carbocycles. The Balaban J connectivity index is 1.58. The quantitative estimate of drug-likeness (QED) is 0.178. The maximum Gasteiger partial charge on any atom is 0.422 e. The van der Waals surface area contributed by atoms with E-state index in [0.29, 0.717) is 28.8 Å². The van der Waals surface area contributed by atoms with Crippen LogP contribution >= 0.6 is 0 Å². The summed E-state index contributed by atoms with van der Waals surface area (Å²) in [7, 11) is 0. The highest BCUT2D eigenvalue weighted by Crippen LogP contribution is 2.37. The van der Waals surface area contributed by atoms with Crippen LogP contribution in [-0.4, -0.2) is 0 Å². The zero-order valence-corrected chi connectivity index (χ0v) is 19.7. The van der Waals surface area contributed by atoms with Crippen molar-refractivity contribution in [3.8, 4) is 33.4 Å². The normalized spacial score (nSPS) is 12.7. The molecule has 0 aliphatic heterocycles. The zero-order chi connectivity index (χ0) is 27.6. The van der Waals surface area contributed by atoms with E-state index >= 15 is 0 Å². The van der Waals surface area contributed by atoms with Crippen molar-refractivity contribution in [1.82, 2.24) is 0 Å². The molecule has 0 aromatic heterocycles. The van der Waals surface area contributed by atoms with Gasteiger partial charge in [0.1, 0.15) is 23.0 Å². The Labute approximate surface area is 213 Å². The Hall–Kier alpha value is -4.20. The lowest BCUT2D eigenvalue weighted by Gasteiger charge is -2.12. The van der Waals surface area contributed by atoms with Crippen LogP contribution < -0.4 is 0 Å². The van der Waals surface area contributed by atoms with Crippen LogP contribution in [0.15, 0.2) is 96.8 Å². The summed E-state index contributed by atoms with van der Waals surface area (Å²) in [6.07, 6.45) is -2.79. The zero-order valence-electron chi connectivity index (χ0n) is 19.7. The first-order valence-corrected chi connectivity index (χ1v) is 11.2. The molecule has 0 unspecified atom stereocenters. The van der Waals surface area contributed by atoms with Gasteiger partial charge in [0, 0.05) is 11.1 Å². The largest absolute Gasteiger partial charge is 0.422 e. The molecule has 194 valence electrons. The van der Waals surface area contributed by atoms with Gasteiger partial charge in [0.2, 0.25) is 0 Å². The van der Waals surface area contributed by atoms with E-state index in [2.05, 4.69) is 0 Å². The number of allylic oxidation sites excluding steroid dienone is 3. The molecule has 0 fully saturated rings. The standard InChI is InChI=1S/C30H18F8/c1-2-3-24(31)29(35)20-10-6-17(7-11-20)21-12-13-23(25(32)14-21)19-8-4-18(5-9-19)22-15-26(33)28(27(34)16-22)30(36,37)38/h2-16H,1H3/b3-2+,29-24+. The van der Waals surface area contributed by atoms with E-state index in [0.717, 1.165) is 6.08 Å². The fourth-order valence-electron chi connectivity index (χ4n) is 3.95. The molecule has 0 saturated carbocycles. The number of rotatable bonds is 5. The molecule has 8 heteroatoms. The molecule has 4 rings (SSSR count). The molecule has 0 atom stereocenters. The van der Waals surface area contributed by atoms with Gasteiger partial charge in [-0.1, -0.05) is 66.7 Å². The highest BCUT2D eigenvalue weighted by Gasteiger charge is 2.38. The topological polar surface area (TPSA) is 0 Å². The van der Waals surface area contributed by atoms with Crippen LogP contribution in [0, 0.1) is 17.5 Å². The van der Waals surface area contributed by atoms with Crippen LogP contribution in [-0.2, 0) is 6.18 Å². The van der Waals surface area contributed by atoms with Crippen molar-refractivity contribution >= 4 is 5.83 Å². The first-order valence-electron chi connectivity index (χ1n) is 11.2. The average Bonchev–Trinajstić information content (AvgIpc) is 2.87. The molecule has 0 N–H and O–H groups in total. The SMILES string of the molecule is C/C=C/C(F)=C(\F)c1ccc(-c2ccc(-c3ccc(-c4cc(F)c(C(F)(F)F)c(F)c4)cc3)c(F)c2)cc1. The van der Waals surface area contributed by atoms with E-state index in [-0.39, 0.29) is 22.3 Å². The summed E-state index contributed by atoms with van der Waals surface area (Å²) in [6, 6.07) is 17.2. The number of benzene rings is 4. The molecule has 0 radical (unpaired) electrons. The molecule has 4 aromatic rings. The lowest BCUT2D eigenvalue weighted by Crippen LogP contribution is -2.11.